The zero-order chi connectivity index (χ0) is 16.9. The minimum atomic E-state index is 0.00180. The van der Waals surface area contributed by atoms with E-state index in [0.29, 0.717) is 0 Å². The number of nitrogens with zero attached hydrogens (tertiary/aromatic N) is 2. The molecule has 0 unspecified atom stereocenters. The highest BCUT2D eigenvalue weighted by atomic mass is 14.9. The second-order valence-corrected chi connectivity index (χ2v) is 7.43. The Labute approximate surface area is 142 Å². The van der Waals surface area contributed by atoms with E-state index in [1.807, 2.05) is 6.20 Å². The van der Waals surface area contributed by atoms with Crippen molar-refractivity contribution in [3.05, 3.63) is 66.4 Å². The van der Waals surface area contributed by atoms with Crippen molar-refractivity contribution in [2.24, 2.45) is 7.05 Å². The van der Waals surface area contributed by atoms with Crippen LogP contribution in [0.5, 0.6) is 0 Å². The molecule has 0 saturated heterocycles. The number of para-hydroxylation sites is 1. The molecule has 0 saturated carbocycles. The Morgan fingerprint density at radius 3 is 2.21 bits per heavy atom. The summed E-state index contributed by atoms with van der Waals surface area (Å²) in [5.41, 5.74) is 6.04. The minimum absolute atomic E-state index is 0.00180. The van der Waals surface area contributed by atoms with Crippen molar-refractivity contribution in [2.45, 2.75) is 26.2 Å². The smallest absolute Gasteiger partial charge is 0.0747 e. The van der Waals surface area contributed by atoms with Gasteiger partial charge in [0, 0.05) is 28.9 Å². The van der Waals surface area contributed by atoms with Gasteiger partial charge in [0.1, 0.15) is 0 Å². The van der Waals surface area contributed by atoms with E-state index >= 15 is 0 Å². The molecular formula is C22H22N2. The van der Waals surface area contributed by atoms with E-state index in [0.717, 1.165) is 5.69 Å². The molecule has 0 atom stereocenters. The SMILES string of the molecule is Cn1c2ccccc2c2c(C(C)(C)C)c(-c3ccccc3)ncc21. The Hall–Kier alpha value is -2.61. The van der Waals surface area contributed by atoms with Gasteiger partial charge in [0.15, 0.2) is 0 Å². The van der Waals surface area contributed by atoms with Crippen LogP contribution in [0.3, 0.4) is 0 Å². The Morgan fingerprint density at radius 1 is 0.833 bits per heavy atom. The fourth-order valence-electron chi connectivity index (χ4n) is 3.68. The summed E-state index contributed by atoms with van der Waals surface area (Å²) in [6.45, 7) is 6.83. The molecule has 4 rings (SSSR count). The third kappa shape index (κ3) is 2.14. The maximum absolute atomic E-state index is 4.88. The van der Waals surface area contributed by atoms with Crippen LogP contribution in [-0.2, 0) is 12.5 Å². The van der Waals surface area contributed by atoms with E-state index in [4.69, 9.17) is 4.98 Å². The van der Waals surface area contributed by atoms with Crippen LogP contribution in [-0.4, -0.2) is 9.55 Å². The molecule has 2 aromatic heterocycles. The van der Waals surface area contributed by atoms with Gasteiger partial charge in [-0.2, -0.15) is 0 Å². The van der Waals surface area contributed by atoms with Gasteiger partial charge in [-0.3, -0.25) is 4.98 Å². The first kappa shape index (κ1) is 14.9. The number of aromatic nitrogens is 2. The lowest BCUT2D eigenvalue weighted by Crippen LogP contribution is -2.14. The Balaban J connectivity index is 2.22. The van der Waals surface area contributed by atoms with Gasteiger partial charge in [0.25, 0.3) is 0 Å². The number of rotatable bonds is 1. The second-order valence-electron chi connectivity index (χ2n) is 7.43. The average molecular weight is 314 g/mol. The number of aryl methyl sites for hydroxylation is 1. The van der Waals surface area contributed by atoms with Crippen LogP contribution < -0.4 is 0 Å². The highest BCUT2D eigenvalue weighted by Crippen LogP contribution is 2.40. The van der Waals surface area contributed by atoms with Crippen molar-refractivity contribution in [1.29, 1.82) is 0 Å². The monoisotopic (exact) mass is 314 g/mol. The predicted molar refractivity (Wildman–Crippen MR) is 102 cm³/mol. The number of hydrogen-bond acceptors (Lipinski definition) is 1. The van der Waals surface area contributed by atoms with E-state index in [-0.39, 0.29) is 5.41 Å². The van der Waals surface area contributed by atoms with E-state index in [1.54, 1.807) is 0 Å². The molecule has 120 valence electrons. The zero-order valence-corrected chi connectivity index (χ0v) is 14.7. The van der Waals surface area contributed by atoms with Crippen molar-refractivity contribution in [3.63, 3.8) is 0 Å². The van der Waals surface area contributed by atoms with Crippen LogP contribution in [0.15, 0.2) is 60.8 Å². The summed E-state index contributed by atoms with van der Waals surface area (Å²) < 4.78 is 2.25. The average Bonchev–Trinajstić information content (AvgIpc) is 2.87. The molecular weight excluding hydrogens is 292 g/mol. The molecule has 0 fully saturated rings. The quantitative estimate of drug-likeness (QED) is 0.441. The van der Waals surface area contributed by atoms with Crippen molar-refractivity contribution >= 4 is 21.8 Å². The normalized spacial score (nSPS) is 12.2. The first-order valence-electron chi connectivity index (χ1n) is 8.40. The lowest BCUT2D eigenvalue weighted by molar-refractivity contribution is 0.595. The number of fused-ring (bicyclic) bond motifs is 3. The highest BCUT2D eigenvalue weighted by Gasteiger charge is 2.25. The van der Waals surface area contributed by atoms with Gasteiger partial charge in [-0.25, -0.2) is 0 Å². The van der Waals surface area contributed by atoms with E-state index < -0.39 is 0 Å². The van der Waals surface area contributed by atoms with E-state index in [9.17, 15) is 0 Å². The first-order valence-corrected chi connectivity index (χ1v) is 8.40. The van der Waals surface area contributed by atoms with Gasteiger partial charge in [0.2, 0.25) is 0 Å². The predicted octanol–water partition coefficient (Wildman–Crippen LogP) is 5.69. The summed E-state index contributed by atoms with van der Waals surface area (Å²) in [5, 5.41) is 2.63. The summed E-state index contributed by atoms with van der Waals surface area (Å²) in [6.07, 6.45) is 2.02. The Kier molecular flexibility index (Phi) is 3.24. The van der Waals surface area contributed by atoms with Gasteiger partial charge in [0.05, 0.1) is 17.4 Å². The topological polar surface area (TPSA) is 17.8 Å². The number of hydrogen-bond donors (Lipinski definition) is 0. The van der Waals surface area contributed by atoms with Crippen molar-refractivity contribution in [1.82, 2.24) is 9.55 Å². The fourth-order valence-corrected chi connectivity index (χ4v) is 3.68. The van der Waals surface area contributed by atoms with Crippen molar-refractivity contribution in [3.8, 4) is 11.3 Å². The van der Waals surface area contributed by atoms with Crippen molar-refractivity contribution < 1.29 is 0 Å². The van der Waals surface area contributed by atoms with Crippen LogP contribution in [0, 0.1) is 0 Å². The molecule has 2 aromatic carbocycles. The van der Waals surface area contributed by atoms with Gasteiger partial charge >= 0.3 is 0 Å². The summed E-state index contributed by atoms with van der Waals surface area (Å²) in [6, 6.07) is 19.1. The van der Waals surface area contributed by atoms with Crippen LogP contribution in [0.2, 0.25) is 0 Å². The highest BCUT2D eigenvalue weighted by molar-refractivity contribution is 6.11. The molecule has 4 aromatic rings. The standard InChI is InChI=1S/C22H22N2/c1-22(2,3)20-19-16-12-8-9-13-17(16)24(4)18(19)14-23-21(20)15-10-6-5-7-11-15/h5-14H,1-4H3. The molecule has 2 heterocycles. The van der Waals surface area contributed by atoms with Crippen LogP contribution in [0.4, 0.5) is 0 Å². The fraction of sp³-hybridized carbons (Fsp3) is 0.227. The lowest BCUT2D eigenvalue weighted by atomic mass is 9.81. The third-order valence-electron chi connectivity index (χ3n) is 4.75. The van der Waals surface area contributed by atoms with Gasteiger partial charge in [-0.15, -0.1) is 0 Å². The van der Waals surface area contributed by atoms with Crippen LogP contribution in [0.25, 0.3) is 33.1 Å². The van der Waals surface area contributed by atoms with E-state index in [1.165, 1.54) is 32.9 Å². The molecule has 0 aliphatic heterocycles. The molecule has 0 radical (unpaired) electrons. The number of benzene rings is 2. The Bertz CT molecular complexity index is 1030. The maximum atomic E-state index is 4.88. The van der Waals surface area contributed by atoms with Crippen LogP contribution >= 0.6 is 0 Å². The molecule has 0 spiro atoms. The largest absolute Gasteiger partial charge is 0.342 e. The van der Waals surface area contributed by atoms with E-state index in [2.05, 4.69) is 87.0 Å². The molecule has 0 amide bonds. The molecule has 0 bridgehead atoms. The van der Waals surface area contributed by atoms with Crippen LogP contribution in [0.1, 0.15) is 26.3 Å². The molecule has 0 aliphatic carbocycles. The molecule has 2 heteroatoms. The maximum Gasteiger partial charge on any atom is 0.0747 e. The van der Waals surface area contributed by atoms with Gasteiger partial charge in [-0.1, -0.05) is 69.3 Å². The summed E-state index contributed by atoms with van der Waals surface area (Å²) >= 11 is 0. The van der Waals surface area contributed by atoms with Gasteiger partial charge < -0.3 is 4.57 Å². The third-order valence-corrected chi connectivity index (χ3v) is 4.75. The molecule has 2 nitrogen and oxygen atoms in total. The Morgan fingerprint density at radius 2 is 1.50 bits per heavy atom. The molecule has 0 N–H and O–H groups in total. The summed E-state index contributed by atoms with van der Waals surface area (Å²) in [4.78, 5) is 4.88. The molecule has 0 aliphatic rings. The number of pyridine rings is 1. The lowest BCUT2D eigenvalue weighted by Gasteiger charge is -2.24. The first-order chi connectivity index (χ1) is 11.5. The summed E-state index contributed by atoms with van der Waals surface area (Å²) in [5.74, 6) is 0. The second kappa shape index (κ2) is 5.20. The minimum Gasteiger partial charge on any atom is -0.342 e. The van der Waals surface area contributed by atoms with Crippen molar-refractivity contribution in [2.75, 3.05) is 0 Å². The van der Waals surface area contributed by atoms with Gasteiger partial charge in [-0.05, 0) is 17.0 Å². The zero-order valence-electron chi connectivity index (χ0n) is 14.7. The summed E-state index contributed by atoms with van der Waals surface area (Å²) in [7, 11) is 2.13. The molecule has 24 heavy (non-hydrogen) atoms.